The van der Waals surface area contributed by atoms with Gasteiger partial charge in [0.2, 0.25) is 0 Å². The van der Waals surface area contributed by atoms with Gasteiger partial charge in [0.05, 0.1) is 6.10 Å². The lowest BCUT2D eigenvalue weighted by Gasteiger charge is -2.14. The number of nitrogens with one attached hydrogen (secondary N) is 1. The summed E-state index contributed by atoms with van der Waals surface area (Å²) in [5.41, 5.74) is 0. The Morgan fingerprint density at radius 2 is 2.59 bits per heavy atom. The molecule has 1 aliphatic heterocycles. The minimum absolute atomic E-state index is 0.514. The van der Waals surface area contributed by atoms with Gasteiger partial charge >= 0.3 is 0 Å². The Hall–Kier alpha value is -0.0300. The minimum Gasteiger partial charge on any atom is -0.377 e. The van der Waals surface area contributed by atoms with E-state index in [2.05, 4.69) is 29.8 Å². The molecule has 2 rings (SSSR count). The van der Waals surface area contributed by atoms with Crippen LogP contribution < -0.4 is 5.32 Å². The lowest BCUT2D eigenvalue weighted by Crippen LogP contribution is -2.23. The smallest absolute Gasteiger partial charge is 0.0666 e. The Morgan fingerprint density at radius 1 is 1.65 bits per heavy atom. The summed E-state index contributed by atoms with van der Waals surface area (Å²) in [6, 6.07) is 4.29. The fraction of sp³-hybridized carbons (Fsp3) is 0.692. The van der Waals surface area contributed by atoms with E-state index in [1.54, 1.807) is 0 Å². The van der Waals surface area contributed by atoms with Gasteiger partial charge in [0.15, 0.2) is 0 Å². The molecule has 0 aromatic carbocycles. The molecule has 17 heavy (non-hydrogen) atoms. The predicted octanol–water partition coefficient (Wildman–Crippen LogP) is 3.14. The van der Waals surface area contributed by atoms with Crippen LogP contribution in [0.3, 0.4) is 0 Å². The Labute approximate surface area is 112 Å². The lowest BCUT2D eigenvalue weighted by molar-refractivity contribution is 0.129. The highest BCUT2D eigenvalue weighted by Gasteiger charge is 2.16. The average Bonchev–Trinajstić information content (AvgIpc) is 2.99. The van der Waals surface area contributed by atoms with Crippen molar-refractivity contribution in [1.29, 1.82) is 0 Å². The Kier molecular flexibility index (Phi) is 5.85. The van der Waals surface area contributed by atoms with Crippen LogP contribution in [0.4, 0.5) is 0 Å². The quantitative estimate of drug-likeness (QED) is 0.823. The van der Waals surface area contributed by atoms with E-state index in [4.69, 9.17) is 4.74 Å². The van der Waals surface area contributed by atoms with Crippen LogP contribution >= 0.6 is 23.1 Å². The van der Waals surface area contributed by atoms with Gasteiger partial charge in [0, 0.05) is 35.6 Å². The summed E-state index contributed by atoms with van der Waals surface area (Å²) >= 11 is 3.85. The summed E-state index contributed by atoms with van der Waals surface area (Å²) in [7, 11) is 0. The molecule has 96 valence electrons. The SMILES string of the molecule is CC(CNCc1cccs1)SCC1CCCO1. The van der Waals surface area contributed by atoms with Crippen molar-refractivity contribution in [2.45, 2.75) is 37.7 Å². The average molecular weight is 271 g/mol. The first-order valence-electron chi connectivity index (χ1n) is 6.31. The number of thioether (sulfide) groups is 1. The summed E-state index contributed by atoms with van der Waals surface area (Å²) in [6.07, 6.45) is 3.01. The van der Waals surface area contributed by atoms with Crippen molar-refractivity contribution in [3.63, 3.8) is 0 Å². The van der Waals surface area contributed by atoms with Crippen LogP contribution in [0, 0.1) is 0 Å². The molecule has 0 bridgehead atoms. The van der Waals surface area contributed by atoms with Crippen molar-refractivity contribution in [2.24, 2.45) is 0 Å². The van der Waals surface area contributed by atoms with Crippen LogP contribution in [0.1, 0.15) is 24.6 Å². The number of hydrogen-bond acceptors (Lipinski definition) is 4. The van der Waals surface area contributed by atoms with Gasteiger partial charge in [-0.2, -0.15) is 11.8 Å². The molecule has 2 unspecified atom stereocenters. The first kappa shape index (κ1) is 13.4. The molecule has 0 saturated carbocycles. The molecule has 2 nitrogen and oxygen atoms in total. The Balaban J connectivity index is 1.52. The maximum absolute atomic E-state index is 5.63. The molecule has 2 atom stereocenters. The molecule has 2 heterocycles. The maximum atomic E-state index is 5.63. The van der Waals surface area contributed by atoms with Crippen LogP contribution in [-0.2, 0) is 11.3 Å². The second-order valence-corrected chi connectivity index (χ2v) is 6.99. The van der Waals surface area contributed by atoms with Crippen molar-refractivity contribution in [3.8, 4) is 0 Å². The zero-order valence-corrected chi connectivity index (χ0v) is 12.0. The molecule has 0 amide bonds. The molecular formula is C13H21NOS2. The highest BCUT2D eigenvalue weighted by Crippen LogP contribution is 2.20. The van der Waals surface area contributed by atoms with Crippen LogP contribution in [0.15, 0.2) is 17.5 Å². The molecule has 1 aromatic rings. The van der Waals surface area contributed by atoms with Gasteiger partial charge in [-0.05, 0) is 24.3 Å². The van der Waals surface area contributed by atoms with Crippen molar-refractivity contribution in [1.82, 2.24) is 5.32 Å². The number of rotatable bonds is 7. The normalized spacial score (nSPS) is 21.8. The molecule has 1 saturated heterocycles. The third-order valence-electron chi connectivity index (χ3n) is 2.90. The van der Waals surface area contributed by atoms with Gasteiger partial charge in [0.25, 0.3) is 0 Å². The van der Waals surface area contributed by atoms with Gasteiger partial charge in [-0.3, -0.25) is 0 Å². The third kappa shape index (κ3) is 5.00. The van der Waals surface area contributed by atoms with Crippen molar-refractivity contribution in [3.05, 3.63) is 22.4 Å². The van der Waals surface area contributed by atoms with Crippen LogP contribution in [-0.4, -0.2) is 30.3 Å². The summed E-state index contributed by atoms with van der Waals surface area (Å²) in [4.78, 5) is 1.42. The fourth-order valence-corrected chi connectivity index (χ4v) is 3.63. The van der Waals surface area contributed by atoms with Gasteiger partial charge in [0.1, 0.15) is 0 Å². The molecule has 1 aliphatic rings. The number of hydrogen-bond donors (Lipinski definition) is 1. The van der Waals surface area contributed by atoms with Crippen LogP contribution in [0.2, 0.25) is 0 Å². The third-order valence-corrected chi connectivity index (χ3v) is 5.08. The molecule has 4 heteroatoms. The van der Waals surface area contributed by atoms with E-state index in [1.807, 2.05) is 23.1 Å². The fourth-order valence-electron chi connectivity index (χ4n) is 1.92. The summed E-state index contributed by atoms with van der Waals surface area (Å²) < 4.78 is 5.63. The summed E-state index contributed by atoms with van der Waals surface area (Å²) in [5, 5.41) is 6.31. The van der Waals surface area contributed by atoms with E-state index in [9.17, 15) is 0 Å². The van der Waals surface area contributed by atoms with Crippen LogP contribution in [0.25, 0.3) is 0 Å². The van der Waals surface area contributed by atoms with E-state index in [0.717, 1.165) is 25.4 Å². The standard InChI is InChI=1S/C13H21NOS2/c1-11(17-10-12-4-2-6-15-12)8-14-9-13-5-3-7-16-13/h3,5,7,11-12,14H,2,4,6,8-10H2,1H3. The van der Waals surface area contributed by atoms with Gasteiger partial charge in [-0.15, -0.1) is 11.3 Å². The van der Waals surface area contributed by atoms with Crippen LogP contribution in [0.5, 0.6) is 0 Å². The first-order valence-corrected chi connectivity index (χ1v) is 8.24. The number of thiophene rings is 1. The van der Waals surface area contributed by atoms with E-state index >= 15 is 0 Å². The van der Waals surface area contributed by atoms with Crippen molar-refractivity contribution >= 4 is 23.1 Å². The van der Waals surface area contributed by atoms with Crippen molar-refractivity contribution in [2.75, 3.05) is 18.9 Å². The zero-order valence-electron chi connectivity index (χ0n) is 10.4. The second-order valence-electron chi connectivity index (χ2n) is 4.49. The maximum Gasteiger partial charge on any atom is 0.0666 e. The lowest BCUT2D eigenvalue weighted by atomic mass is 10.3. The molecule has 0 aliphatic carbocycles. The largest absolute Gasteiger partial charge is 0.377 e. The highest BCUT2D eigenvalue weighted by molar-refractivity contribution is 7.99. The highest BCUT2D eigenvalue weighted by atomic mass is 32.2. The topological polar surface area (TPSA) is 21.3 Å². The Morgan fingerprint density at radius 3 is 3.29 bits per heavy atom. The molecule has 1 fully saturated rings. The summed E-state index contributed by atoms with van der Waals surface area (Å²) in [5.74, 6) is 1.15. The van der Waals surface area contributed by atoms with E-state index in [-0.39, 0.29) is 0 Å². The van der Waals surface area contributed by atoms with Gasteiger partial charge < -0.3 is 10.1 Å². The van der Waals surface area contributed by atoms with E-state index in [0.29, 0.717) is 11.4 Å². The minimum atomic E-state index is 0.514. The Bertz CT molecular complexity index is 296. The number of ether oxygens (including phenoxy) is 1. The predicted molar refractivity (Wildman–Crippen MR) is 76.9 cm³/mol. The monoisotopic (exact) mass is 271 g/mol. The zero-order chi connectivity index (χ0) is 11.9. The molecule has 1 N–H and O–H groups in total. The summed E-state index contributed by atoms with van der Waals surface area (Å²) in [6.45, 7) is 5.34. The van der Waals surface area contributed by atoms with Gasteiger partial charge in [-0.1, -0.05) is 13.0 Å². The first-order chi connectivity index (χ1) is 8.34. The second kappa shape index (κ2) is 7.41. The molecule has 1 aromatic heterocycles. The van der Waals surface area contributed by atoms with Gasteiger partial charge in [-0.25, -0.2) is 0 Å². The molecular weight excluding hydrogens is 250 g/mol. The van der Waals surface area contributed by atoms with E-state index < -0.39 is 0 Å². The van der Waals surface area contributed by atoms with Crippen molar-refractivity contribution < 1.29 is 4.74 Å². The molecule has 0 spiro atoms. The van der Waals surface area contributed by atoms with E-state index in [1.165, 1.54) is 17.7 Å². The molecule has 0 radical (unpaired) electrons.